The van der Waals surface area contributed by atoms with Crippen LogP contribution >= 0.6 is 21.6 Å². The summed E-state index contributed by atoms with van der Waals surface area (Å²) in [5.74, 6) is 0. The fourth-order valence-corrected chi connectivity index (χ4v) is 4.81. The smallest absolute Gasteiger partial charge is 0.172 e. The molecule has 1 fully saturated rings. The quantitative estimate of drug-likeness (QED) is 0.676. The maximum atomic E-state index is 4.80. The first kappa shape index (κ1) is 13.5. The van der Waals surface area contributed by atoms with Crippen LogP contribution in [0.5, 0.6) is 0 Å². The molecule has 17 heavy (non-hydrogen) atoms. The summed E-state index contributed by atoms with van der Waals surface area (Å²) in [6.45, 7) is 6.84. The average molecular weight is 274 g/mol. The molecule has 0 aromatic carbocycles. The Morgan fingerprint density at radius 3 is 2.53 bits per heavy atom. The summed E-state index contributed by atoms with van der Waals surface area (Å²) in [6, 6.07) is 1.20. The van der Waals surface area contributed by atoms with E-state index in [-0.39, 0.29) is 0 Å². The van der Waals surface area contributed by atoms with Crippen LogP contribution in [0.3, 0.4) is 0 Å². The summed E-state index contributed by atoms with van der Waals surface area (Å²) in [5, 5.41) is 1.14. The number of rotatable bonds is 1. The standard InChI is InChI=1S/C11H22N4S2/c1-8-7-15(9(2)6-14(8)5)11-12-10(13(3)4)16-17-11/h8-9,11H,6-7H2,1-5H3. The summed E-state index contributed by atoms with van der Waals surface area (Å²) in [4.78, 5) is 11.9. The topological polar surface area (TPSA) is 22.1 Å². The van der Waals surface area contributed by atoms with Crippen molar-refractivity contribution in [3.8, 4) is 0 Å². The van der Waals surface area contributed by atoms with Crippen molar-refractivity contribution in [1.29, 1.82) is 0 Å². The molecule has 4 nitrogen and oxygen atoms in total. The Bertz CT molecular complexity index is 308. The Morgan fingerprint density at radius 1 is 1.24 bits per heavy atom. The molecule has 3 atom stereocenters. The van der Waals surface area contributed by atoms with E-state index in [1.807, 2.05) is 10.8 Å². The molecule has 1 saturated heterocycles. The van der Waals surface area contributed by atoms with Crippen LogP contribution in [0.1, 0.15) is 13.8 Å². The maximum Gasteiger partial charge on any atom is 0.172 e. The zero-order valence-corrected chi connectivity index (χ0v) is 12.9. The molecule has 2 heterocycles. The minimum Gasteiger partial charge on any atom is -0.357 e. The van der Waals surface area contributed by atoms with Crippen molar-refractivity contribution >= 4 is 26.8 Å². The largest absolute Gasteiger partial charge is 0.357 e. The van der Waals surface area contributed by atoms with Crippen LogP contribution in [0, 0.1) is 0 Å². The molecule has 2 rings (SSSR count). The zero-order valence-electron chi connectivity index (χ0n) is 11.3. The molecule has 0 N–H and O–H groups in total. The predicted molar refractivity (Wildman–Crippen MR) is 78.4 cm³/mol. The third-order valence-electron chi connectivity index (χ3n) is 3.44. The van der Waals surface area contributed by atoms with Gasteiger partial charge in [0.1, 0.15) is 0 Å². The molecule has 0 aromatic heterocycles. The summed E-state index contributed by atoms with van der Waals surface area (Å²) in [5.41, 5.74) is 0.295. The minimum atomic E-state index is 0.295. The molecule has 98 valence electrons. The number of hydrogen-bond donors (Lipinski definition) is 0. The van der Waals surface area contributed by atoms with E-state index in [9.17, 15) is 0 Å². The van der Waals surface area contributed by atoms with Gasteiger partial charge in [0.2, 0.25) is 0 Å². The van der Waals surface area contributed by atoms with E-state index in [4.69, 9.17) is 4.99 Å². The van der Waals surface area contributed by atoms with Crippen molar-refractivity contribution in [2.75, 3.05) is 34.2 Å². The first-order chi connectivity index (χ1) is 7.99. The summed E-state index contributed by atoms with van der Waals surface area (Å²) >= 11 is 0. The summed E-state index contributed by atoms with van der Waals surface area (Å²) < 4.78 is 0. The van der Waals surface area contributed by atoms with Gasteiger partial charge in [-0.05, 0) is 42.5 Å². The third-order valence-corrected chi connectivity index (χ3v) is 5.96. The average Bonchev–Trinajstić information content (AvgIpc) is 2.72. The third kappa shape index (κ3) is 2.92. The highest BCUT2D eigenvalue weighted by molar-refractivity contribution is 8.82. The Kier molecular flexibility index (Phi) is 4.28. The van der Waals surface area contributed by atoms with Crippen molar-refractivity contribution in [2.24, 2.45) is 4.99 Å². The molecule has 0 radical (unpaired) electrons. The SMILES string of the molecule is CC1CN(C2N=C(N(C)C)SS2)C(C)CN1C. The van der Waals surface area contributed by atoms with Crippen LogP contribution < -0.4 is 0 Å². The van der Waals surface area contributed by atoms with Gasteiger partial charge in [0.15, 0.2) is 10.7 Å². The van der Waals surface area contributed by atoms with Crippen molar-refractivity contribution in [1.82, 2.24) is 14.7 Å². The van der Waals surface area contributed by atoms with E-state index in [0.717, 1.165) is 18.3 Å². The Labute approximate surface area is 112 Å². The van der Waals surface area contributed by atoms with Crippen LogP contribution in [-0.2, 0) is 0 Å². The van der Waals surface area contributed by atoms with Gasteiger partial charge in [0, 0.05) is 39.3 Å². The van der Waals surface area contributed by atoms with Gasteiger partial charge in [-0.2, -0.15) is 0 Å². The van der Waals surface area contributed by atoms with E-state index in [2.05, 4.69) is 49.7 Å². The number of likely N-dealkylation sites (N-methyl/N-ethyl adjacent to an activating group) is 1. The van der Waals surface area contributed by atoms with Crippen molar-refractivity contribution in [3.05, 3.63) is 0 Å². The number of aliphatic imine (C=N–C) groups is 1. The molecule has 2 aliphatic rings. The predicted octanol–water partition coefficient (Wildman–Crippen LogP) is 1.61. The Hall–Kier alpha value is 0.0900. The fourth-order valence-electron chi connectivity index (χ4n) is 2.18. The van der Waals surface area contributed by atoms with Crippen LogP contribution in [0.2, 0.25) is 0 Å². The number of hydrogen-bond acceptors (Lipinski definition) is 6. The molecule has 2 aliphatic heterocycles. The lowest BCUT2D eigenvalue weighted by Gasteiger charge is -2.43. The van der Waals surface area contributed by atoms with Crippen LogP contribution in [0.25, 0.3) is 0 Å². The highest BCUT2D eigenvalue weighted by Gasteiger charge is 2.34. The Balaban J connectivity index is 2.03. The maximum absolute atomic E-state index is 4.80. The van der Waals surface area contributed by atoms with Gasteiger partial charge in [0.25, 0.3) is 0 Å². The molecule has 0 aromatic rings. The van der Waals surface area contributed by atoms with Crippen molar-refractivity contribution in [3.63, 3.8) is 0 Å². The molecule has 0 bridgehead atoms. The number of nitrogens with zero attached hydrogens (tertiary/aromatic N) is 4. The molecule has 3 unspecified atom stereocenters. The molecule has 0 aliphatic carbocycles. The van der Waals surface area contributed by atoms with Gasteiger partial charge in [-0.1, -0.05) is 0 Å². The molecule has 6 heteroatoms. The second-order valence-electron chi connectivity index (χ2n) is 5.15. The molecular weight excluding hydrogens is 252 g/mol. The van der Waals surface area contributed by atoms with Gasteiger partial charge in [-0.3, -0.25) is 4.90 Å². The highest BCUT2D eigenvalue weighted by atomic mass is 33.1. The fraction of sp³-hybridized carbons (Fsp3) is 0.909. The van der Waals surface area contributed by atoms with Gasteiger partial charge >= 0.3 is 0 Å². The lowest BCUT2D eigenvalue weighted by Crippen LogP contribution is -2.56. The summed E-state index contributed by atoms with van der Waals surface area (Å²) in [7, 11) is 10.00. The van der Waals surface area contributed by atoms with Gasteiger partial charge in [0.05, 0.1) is 0 Å². The van der Waals surface area contributed by atoms with E-state index in [0.29, 0.717) is 17.6 Å². The molecular formula is C11H22N4S2. The van der Waals surface area contributed by atoms with E-state index in [1.165, 1.54) is 0 Å². The molecule has 0 spiro atoms. The second-order valence-corrected chi connectivity index (χ2v) is 7.37. The van der Waals surface area contributed by atoms with E-state index < -0.39 is 0 Å². The van der Waals surface area contributed by atoms with Crippen molar-refractivity contribution < 1.29 is 0 Å². The zero-order chi connectivity index (χ0) is 12.6. The Morgan fingerprint density at radius 2 is 1.94 bits per heavy atom. The summed E-state index contributed by atoms with van der Waals surface area (Å²) in [6.07, 6.45) is 0. The van der Waals surface area contributed by atoms with Crippen LogP contribution in [-0.4, -0.2) is 71.7 Å². The van der Waals surface area contributed by atoms with Gasteiger partial charge < -0.3 is 9.80 Å². The first-order valence-corrected chi connectivity index (χ1v) is 8.24. The second kappa shape index (κ2) is 5.38. The number of piperazine rings is 1. The lowest BCUT2D eigenvalue weighted by molar-refractivity contribution is 0.0544. The normalized spacial score (nSPS) is 36.1. The van der Waals surface area contributed by atoms with Crippen LogP contribution in [0.15, 0.2) is 4.99 Å². The van der Waals surface area contributed by atoms with E-state index in [1.54, 1.807) is 10.8 Å². The van der Waals surface area contributed by atoms with Crippen LogP contribution in [0.4, 0.5) is 0 Å². The lowest BCUT2D eigenvalue weighted by atomic mass is 10.1. The first-order valence-electron chi connectivity index (χ1n) is 6.03. The monoisotopic (exact) mass is 274 g/mol. The van der Waals surface area contributed by atoms with Gasteiger partial charge in [-0.25, -0.2) is 4.99 Å². The van der Waals surface area contributed by atoms with Gasteiger partial charge in [-0.15, -0.1) is 0 Å². The molecule has 0 saturated carbocycles. The highest BCUT2D eigenvalue weighted by Crippen LogP contribution is 2.40. The van der Waals surface area contributed by atoms with E-state index >= 15 is 0 Å². The molecule has 0 amide bonds. The van der Waals surface area contributed by atoms with Crippen molar-refractivity contribution in [2.45, 2.75) is 31.4 Å². The minimum absolute atomic E-state index is 0.295. The number of amidine groups is 1.